The molecule has 0 aromatic carbocycles. The molecule has 0 aliphatic carbocycles. The summed E-state index contributed by atoms with van der Waals surface area (Å²) >= 11 is 0. The van der Waals surface area contributed by atoms with Crippen molar-refractivity contribution >= 4 is 5.97 Å². The number of aliphatic carboxylic acids is 1. The van der Waals surface area contributed by atoms with Crippen molar-refractivity contribution in [1.82, 2.24) is 0 Å². The van der Waals surface area contributed by atoms with Gasteiger partial charge in [0, 0.05) is 12.4 Å². The number of nitriles is 1. The third-order valence-electron chi connectivity index (χ3n) is 0.919. The fourth-order valence-electron chi connectivity index (χ4n) is 0.473. The average molecular weight is 126 g/mol. The first-order chi connectivity index (χ1) is 4.27. The van der Waals surface area contributed by atoms with Crippen LogP contribution < -0.4 is 5.11 Å². The van der Waals surface area contributed by atoms with Gasteiger partial charge in [0.25, 0.3) is 0 Å². The molecule has 0 aromatic heterocycles. The monoisotopic (exact) mass is 126 g/mol. The Balaban J connectivity index is 2.94. The van der Waals surface area contributed by atoms with Crippen molar-refractivity contribution in [2.75, 3.05) is 0 Å². The van der Waals surface area contributed by atoms with Crippen LogP contribution >= 0.6 is 0 Å². The molecule has 3 nitrogen and oxygen atoms in total. The first-order valence-corrected chi connectivity index (χ1v) is 2.84. The Morgan fingerprint density at radius 3 is 2.67 bits per heavy atom. The Labute approximate surface area is 53.9 Å². The molecule has 0 bridgehead atoms. The van der Waals surface area contributed by atoms with Crippen molar-refractivity contribution in [3.63, 3.8) is 0 Å². The maximum absolute atomic E-state index is 9.77. The zero-order chi connectivity index (χ0) is 7.11. The number of hydrogen-bond acceptors (Lipinski definition) is 3. The number of carbonyl (C=O) groups excluding carboxylic acids is 1. The van der Waals surface area contributed by atoms with Crippen LogP contribution in [0.5, 0.6) is 0 Å². The van der Waals surface area contributed by atoms with Crippen molar-refractivity contribution in [2.45, 2.75) is 25.7 Å². The highest BCUT2D eigenvalue weighted by molar-refractivity contribution is 5.64. The summed E-state index contributed by atoms with van der Waals surface area (Å²) in [5.74, 6) is -1.03. The van der Waals surface area contributed by atoms with Gasteiger partial charge in [0.2, 0.25) is 0 Å². The number of carboxylic acids is 1. The molecule has 0 saturated heterocycles. The number of carboxylic acid groups (broad SMARTS) is 1. The van der Waals surface area contributed by atoms with E-state index in [9.17, 15) is 9.90 Å². The molecule has 0 saturated carbocycles. The van der Waals surface area contributed by atoms with Crippen molar-refractivity contribution in [3.05, 3.63) is 0 Å². The van der Waals surface area contributed by atoms with Gasteiger partial charge in [-0.25, -0.2) is 0 Å². The maximum Gasteiger partial charge on any atom is 0.0621 e. The molecule has 0 heterocycles. The third-order valence-corrected chi connectivity index (χ3v) is 0.919. The highest BCUT2D eigenvalue weighted by Crippen LogP contribution is 1.96. The van der Waals surface area contributed by atoms with Crippen molar-refractivity contribution in [1.29, 1.82) is 5.26 Å². The number of hydrogen-bond donors (Lipinski definition) is 0. The molecule has 0 spiro atoms. The Morgan fingerprint density at radius 2 is 2.22 bits per heavy atom. The van der Waals surface area contributed by atoms with E-state index in [1.54, 1.807) is 0 Å². The van der Waals surface area contributed by atoms with E-state index in [0.29, 0.717) is 19.3 Å². The van der Waals surface area contributed by atoms with Crippen LogP contribution in [0.3, 0.4) is 0 Å². The predicted octanol–water partition coefficient (Wildman–Crippen LogP) is -0.180. The number of rotatable bonds is 4. The third kappa shape index (κ3) is 6.96. The van der Waals surface area contributed by atoms with Gasteiger partial charge in [-0.05, 0) is 19.3 Å². The topological polar surface area (TPSA) is 63.9 Å². The number of nitrogens with zero attached hydrogens (tertiary/aromatic N) is 1. The molecule has 0 atom stereocenters. The van der Waals surface area contributed by atoms with Crippen LogP contribution in [0.1, 0.15) is 25.7 Å². The Kier molecular flexibility index (Phi) is 4.51. The van der Waals surface area contributed by atoms with Crippen molar-refractivity contribution in [3.8, 4) is 6.07 Å². The van der Waals surface area contributed by atoms with Crippen LogP contribution in [0.15, 0.2) is 0 Å². The van der Waals surface area contributed by atoms with Gasteiger partial charge in [0.05, 0.1) is 6.07 Å². The van der Waals surface area contributed by atoms with Gasteiger partial charge in [-0.2, -0.15) is 5.26 Å². The maximum atomic E-state index is 9.77. The lowest BCUT2D eigenvalue weighted by molar-refractivity contribution is -0.305. The van der Waals surface area contributed by atoms with E-state index in [-0.39, 0.29) is 6.42 Å². The fraction of sp³-hybridized carbons (Fsp3) is 0.667. The Morgan fingerprint density at radius 1 is 1.56 bits per heavy atom. The number of carbonyl (C=O) groups is 1. The molecule has 0 aliphatic rings. The summed E-state index contributed by atoms with van der Waals surface area (Å²) in [5.41, 5.74) is 0. The van der Waals surface area contributed by atoms with Crippen LogP contribution in [0, 0.1) is 11.3 Å². The Bertz CT molecular complexity index is 126. The minimum atomic E-state index is -1.03. The van der Waals surface area contributed by atoms with Gasteiger partial charge in [0.15, 0.2) is 0 Å². The highest BCUT2D eigenvalue weighted by atomic mass is 16.4. The van der Waals surface area contributed by atoms with Gasteiger partial charge in [0.1, 0.15) is 0 Å². The second kappa shape index (κ2) is 5.10. The minimum absolute atomic E-state index is 0.0711. The molecule has 0 unspecified atom stereocenters. The predicted molar refractivity (Wildman–Crippen MR) is 29.1 cm³/mol. The summed E-state index contributed by atoms with van der Waals surface area (Å²) in [4.78, 5) is 9.77. The standard InChI is InChI=1S/C6H9NO2/c7-5-3-1-2-4-6(8)9/h1-4H2,(H,8,9)/p-1. The SMILES string of the molecule is N#CCCCCC(=O)[O-]. The molecule has 0 aliphatic heterocycles. The van der Waals surface area contributed by atoms with Gasteiger partial charge in [-0.15, -0.1) is 0 Å². The normalized spacial score (nSPS) is 8.33. The molecule has 0 radical (unpaired) electrons. The quantitative estimate of drug-likeness (QED) is 0.491. The summed E-state index contributed by atoms with van der Waals surface area (Å²) in [6, 6.07) is 1.93. The van der Waals surface area contributed by atoms with Crippen molar-refractivity contribution < 1.29 is 9.90 Å². The molecule has 0 amide bonds. The van der Waals surface area contributed by atoms with Gasteiger partial charge in [-0.3, -0.25) is 0 Å². The molecule has 0 rings (SSSR count). The molecular weight excluding hydrogens is 118 g/mol. The largest absolute Gasteiger partial charge is 0.550 e. The van der Waals surface area contributed by atoms with Crippen LogP contribution in [0.25, 0.3) is 0 Å². The summed E-state index contributed by atoms with van der Waals surface area (Å²) in [6.45, 7) is 0. The van der Waals surface area contributed by atoms with Crippen LogP contribution in [0.4, 0.5) is 0 Å². The average Bonchev–Trinajstić information content (AvgIpc) is 1.80. The number of unbranched alkanes of at least 4 members (excludes halogenated alkanes) is 2. The summed E-state index contributed by atoms with van der Waals surface area (Å²) in [5, 5.41) is 17.8. The van der Waals surface area contributed by atoms with E-state index in [0.717, 1.165) is 0 Å². The van der Waals surface area contributed by atoms with E-state index in [2.05, 4.69) is 0 Å². The van der Waals surface area contributed by atoms with E-state index < -0.39 is 5.97 Å². The van der Waals surface area contributed by atoms with Crippen molar-refractivity contribution in [2.24, 2.45) is 0 Å². The zero-order valence-corrected chi connectivity index (χ0v) is 5.09. The molecule has 0 N–H and O–H groups in total. The fourth-order valence-corrected chi connectivity index (χ4v) is 0.473. The second-order valence-corrected chi connectivity index (χ2v) is 1.74. The molecule has 9 heavy (non-hydrogen) atoms. The summed E-state index contributed by atoms with van der Waals surface area (Å²) in [7, 11) is 0. The lowest BCUT2D eigenvalue weighted by Crippen LogP contribution is -2.21. The first kappa shape index (κ1) is 7.96. The zero-order valence-electron chi connectivity index (χ0n) is 5.09. The molecule has 50 valence electrons. The van der Waals surface area contributed by atoms with E-state index in [1.165, 1.54) is 0 Å². The summed E-state index contributed by atoms with van der Waals surface area (Å²) in [6.07, 6.45) is 1.72. The van der Waals surface area contributed by atoms with Crippen LogP contribution in [-0.4, -0.2) is 5.97 Å². The van der Waals surface area contributed by atoms with E-state index in [1.807, 2.05) is 6.07 Å². The molecule has 0 aromatic rings. The van der Waals surface area contributed by atoms with Crippen LogP contribution in [0.2, 0.25) is 0 Å². The molecular formula is C6H8NO2-. The second-order valence-electron chi connectivity index (χ2n) is 1.74. The molecule has 3 heteroatoms. The van der Waals surface area contributed by atoms with Gasteiger partial charge >= 0.3 is 0 Å². The first-order valence-electron chi connectivity index (χ1n) is 2.84. The smallest absolute Gasteiger partial charge is 0.0621 e. The molecule has 0 fully saturated rings. The lowest BCUT2D eigenvalue weighted by atomic mass is 10.2. The van der Waals surface area contributed by atoms with E-state index >= 15 is 0 Å². The van der Waals surface area contributed by atoms with Crippen LogP contribution in [-0.2, 0) is 4.79 Å². The highest BCUT2D eigenvalue weighted by Gasteiger charge is 1.86. The van der Waals surface area contributed by atoms with Gasteiger partial charge < -0.3 is 9.90 Å². The lowest BCUT2D eigenvalue weighted by Gasteiger charge is -1.97. The van der Waals surface area contributed by atoms with Gasteiger partial charge in [-0.1, -0.05) is 0 Å². The summed E-state index contributed by atoms with van der Waals surface area (Å²) < 4.78 is 0. The van der Waals surface area contributed by atoms with E-state index in [4.69, 9.17) is 5.26 Å². The Hall–Kier alpha value is -1.04. The minimum Gasteiger partial charge on any atom is -0.550 e.